The number of hydrogen-bond acceptors (Lipinski definition) is 1. The highest BCUT2D eigenvalue weighted by molar-refractivity contribution is 4.43. The largest absolute Gasteiger partial charge is 0.388 e. The molecule has 0 aromatic rings. The minimum atomic E-state index is 1.37. The van der Waals surface area contributed by atoms with Crippen LogP contribution in [0.25, 0.3) is 0 Å². The molecule has 82 valence electrons. The van der Waals surface area contributed by atoms with Gasteiger partial charge in [0, 0.05) is 14.2 Å². The molecule has 0 aliphatic carbocycles. The van der Waals surface area contributed by atoms with Crippen molar-refractivity contribution >= 4 is 0 Å². The second-order valence-corrected chi connectivity index (χ2v) is 3.53. The third-order valence-electron chi connectivity index (χ3n) is 1.96. The fourth-order valence-electron chi connectivity index (χ4n) is 1.21. The number of hydrogen-bond donors (Lipinski definition) is 0. The zero-order valence-electron chi connectivity index (χ0n) is 10.1. The van der Waals surface area contributed by atoms with Gasteiger partial charge in [-0.3, -0.25) is 0 Å². The van der Waals surface area contributed by atoms with Gasteiger partial charge in [0.1, 0.15) is 0 Å². The lowest BCUT2D eigenvalue weighted by Crippen LogP contribution is -1.77. The SMILES string of the molecule is CCCCCCCCCC.COC. The predicted molar refractivity (Wildman–Crippen MR) is 61.2 cm³/mol. The van der Waals surface area contributed by atoms with Crippen LogP contribution in [0.15, 0.2) is 0 Å². The Morgan fingerprint density at radius 3 is 1.08 bits per heavy atom. The van der Waals surface area contributed by atoms with Crippen LogP contribution in [0, 0.1) is 0 Å². The average molecular weight is 188 g/mol. The van der Waals surface area contributed by atoms with Crippen LogP contribution in [0.4, 0.5) is 0 Å². The molecule has 13 heavy (non-hydrogen) atoms. The smallest absolute Gasteiger partial charge is 0.0351 e. The molecular weight excluding hydrogens is 160 g/mol. The van der Waals surface area contributed by atoms with E-state index in [0.29, 0.717) is 0 Å². The maximum atomic E-state index is 4.25. The molecule has 1 heteroatoms. The molecule has 0 aliphatic rings. The van der Waals surface area contributed by atoms with Crippen molar-refractivity contribution in [1.82, 2.24) is 0 Å². The van der Waals surface area contributed by atoms with Gasteiger partial charge < -0.3 is 4.74 Å². The summed E-state index contributed by atoms with van der Waals surface area (Å²) in [5.74, 6) is 0. The van der Waals surface area contributed by atoms with Crippen molar-refractivity contribution < 1.29 is 4.74 Å². The van der Waals surface area contributed by atoms with Gasteiger partial charge in [0.25, 0.3) is 0 Å². The number of unbranched alkanes of at least 4 members (excludes halogenated alkanes) is 7. The van der Waals surface area contributed by atoms with Gasteiger partial charge in [-0.2, -0.15) is 0 Å². The summed E-state index contributed by atoms with van der Waals surface area (Å²) in [6, 6.07) is 0. The van der Waals surface area contributed by atoms with Crippen LogP contribution in [-0.2, 0) is 4.74 Å². The number of rotatable bonds is 7. The van der Waals surface area contributed by atoms with Crippen LogP contribution in [0.3, 0.4) is 0 Å². The molecule has 0 N–H and O–H groups in total. The Morgan fingerprint density at radius 2 is 0.846 bits per heavy atom. The Balaban J connectivity index is 0. The zero-order valence-corrected chi connectivity index (χ0v) is 10.1. The molecule has 0 fully saturated rings. The van der Waals surface area contributed by atoms with Crippen LogP contribution < -0.4 is 0 Å². The highest BCUT2D eigenvalue weighted by atomic mass is 16.4. The van der Waals surface area contributed by atoms with Crippen LogP contribution >= 0.6 is 0 Å². The van der Waals surface area contributed by atoms with Crippen molar-refractivity contribution in [3.05, 3.63) is 0 Å². The molecule has 0 heterocycles. The monoisotopic (exact) mass is 188 g/mol. The summed E-state index contributed by atoms with van der Waals surface area (Å²) >= 11 is 0. The van der Waals surface area contributed by atoms with E-state index in [1.165, 1.54) is 51.4 Å². The Labute approximate surface area is 84.9 Å². The van der Waals surface area contributed by atoms with E-state index in [4.69, 9.17) is 0 Å². The first kappa shape index (κ1) is 15.4. The Bertz CT molecular complexity index is 54.1. The molecule has 0 saturated heterocycles. The second kappa shape index (κ2) is 17.9. The van der Waals surface area contributed by atoms with E-state index < -0.39 is 0 Å². The molecule has 1 nitrogen and oxygen atoms in total. The molecular formula is C12H28O. The van der Waals surface area contributed by atoms with Gasteiger partial charge in [-0.05, 0) is 0 Å². The summed E-state index contributed by atoms with van der Waals surface area (Å²) in [6.07, 6.45) is 11.5. The lowest BCUT2D eigenvalue weighted by Gasteiger charge is -1.97. The molecule has 0 saturated carbocycles. The molecule has 0 aliphatic heterocycles. The minimum Gasteiger partial charge on any atom is -0.388 e. The topological polar surface area (TPSA) is 9.23 Å². The summed E-state index contributed by atoms with van der Waals surface area (Å²) in [5, 5.41) is 0. The first-order chi connectivity index (χ1) is 6.33. The normalized spacial score (nSPS) is 9.23. The second-order valence-electron chi connectivity index (χ2n) is 3.53. The molecule has 0 radical (unpaired) electrons. The van der Waals surface area contributed by atoms with Gasteiger partial charge >= 0.3 is 0 Å². The Kier molecular flexibility index (Phi) is 21.2. The van der Waals surface area contributed by atoms with Crippen molar-refractivity contribution in [1.29, 1.82) is 0 Å². The van der Waals surface area contributed by atoms with Crippen molar-refractivity contribution in [2.24, 2.45) is 0 Å². The summed E-state index contributed by atoms with van der Waals surface area (Å²) < 4.78 is 4.25. The molecule has 0 bridgehead atoms. The highest BCUT2D eigenvalue weighted by Crippen LogP contribution is 2.07. The molecule has 0 atom stereocenters. The predicted octanol–water partition coefficient (Wildman–Crippen LogP) is 4.41. The van der Waals surface area contributed by atoms with Gasteiger partial charge in [-0.15, -0.1) is 0 Å². The lowest BCUT2D eigenvalue weighted by atomic mass is 10.1. The van der Waals surface area contributed by atoms with Gasteiger partial charge in [0.2, 0.25) is 0 Å². The van der Waals surface area contributed by atoms with Crippen LogP contribution in [-0.4, -0.2) is 14.2 Å². The highest BCUT2D eigenvalue weighted by Gasteiger charge is 1.87. The van der Waals surface area contributed by atoms with E-state index in [1.54, 1.807) is 14.2 Å². The Morgan fingerprint density at radius 1 is 0.615 bits per heavy atom. The number of ether oxygens (including phenoxy) is 1. The minimum absolute atomic E-state index is 1.37. The standard InChI is InChI=1S/C10H22.C2H6O/c1-3-5-7-9-10-8-6-4-2;1-3-2/h3-10H2,1-2H3;1-2H3. The van der Waals surface area contributed by atoms with E-state index in [2.05, 4.69) is 18.6 Å². The maximum Gasteiger partial charge on any atom is 0.0351 e. The Hall–Kier alpha value is -0.0400. The van der Waals surface area contributed by atoms with Crippen molar-refractivity contribution in [3.8, 4) is 0 Å². The molecule has 0 rings (SSSR count). The third kappa shape index (κ3) is 24.5. The first-order valence-corrected chi connectivity index (χ1v) is 5.73. The average Bonchev–Trinajstić information content (AvgIpc) is 2.13. The van der Waals surface area contributed by atoms with Crippen LogP contribution in [0.2, 0.25) is 0 Å². The van der Waals surface area contributed by atoms with Crippen LogP contribution in [0.5, 0.6) is 0 Å². The number of methoxy groups -OCH3 is 1. The van der Waals surface area contributed by atoms with Gasteiger partial charge in [0.05, 0.1) is 0 Å². The fraction of sp³-hybridized carbons (Fsp3) is 1.00. The van der Waals surface area contributed by atoms with Gasteiger partial charge in [-0.25, -0.2) is 0 Å². The summed E-state index contributed by atoms with van der Waals surface area (Å²) in [6.45, 7) is 4.54. The molecule has 0 aromatic carbocycles. The summed E-state index contributed by atoms with van der Waals surface area (Å²) in [7, 11) is 3.25. The third-order valence-corrected chi connectivity index (χ3v) is 1.96. The van der Waals surface area contributed by atoms with E-state index in [1.807, 2.05) is 0 Å². The van der Waals surface area contributed by atoms with Gasteiger partial charge in [-0.1, -0.05) is 65.2 Å². The summed E-state index contributed by atoms with van der Waals surface area (Å²) in [4.78, 5) is 0. The van der Waals surface area contributed by atoms with Crippen molar-refractivity contribution in [3.63, 3.8) is 0 Å². The molecule has 0 aromatic heterocycles. The molecule has 0 spiro atoms. The summed E-state index contributed by atoms with van der Waals surface area (Å²) in [5.41, 5.74) is 0. The van der Waals surface area contributed by atoms with E-state index in [-0.39, 0.29) is 0 Å². The zero-order chi connectivity index (χ0) is 10.4. The van der Waals surface area contributed by atoms with Crippen LogP contribution in [0.1, 0.15) is 65.2 Å². The quantitative estimate of drug-likeness (QED) is 0.538. The maximum absolute atomic E-state index is 4.25. The van der Waals surface area contributed by atoms with Crippen molar-refractivity contribution in [2.75, 3.05) is 14.2 Å². The fourth-order valence-corrected chi connectivity index (χ4v) is 1.21. The van der Waals surface area contributed by atoms with E-state index in [9.17, 15) is 0 Å². The first-order valence-electron chi connectivity index (χ1n) is 5.73. The lowest BCUT2D eigenvalue weighted by molar-refractivity contribution is 0.277. The van der Waals surface area contributed by atoms with E-state index >= 15 is 0 Å². The van der Waals surface area contributed by atoms with Gasteiger partial charge in [0.15, 0.2) is 0 Å². The molecule has 0 unspecified atom stereocenters. The van der Waals surface area contributed by atoms with E-state index in [0.717, 1.165) is 0 Å². The molecule has 0 amide bonds. The van der Waals surface area contributed by atoms with Crippen molar-refractivity contribution in [2.45, 2.75) is 65.2 Å².